The minimum Gasteiger partial charge on any atom is -0.365 e. The maximum atomic E-state index is 11.9. The monoisotopic (exact) mass is 449 g/mol. The van der Waals surface area contributed by atoms with Gasteiger partial charge in [0.2, 0.25) is 5.91 Å². The van der Waals surface area contributed by atoms with Gasteiger partial charge in [-0.1, -0.05) is 74.5 Å². The van der Waals surface area contributed by atoms with E-state index in [1.807, 2.05) is 31.4 Å². The second-order valence-electron chi connectivity index (χ2n) is 8.60. The number of nitrogens with zero attached hydrogens (tertiary/aromatic N) is 2. The van der Waals surface area contributed by atoms with Crippen molar-refractivity contribution >= 4 is 22.4 Å². The van der Waals surface area contributed by atoms with E-state index in [9.17, 15) is 4.79 Å². The zero-order chi connectivity index (χ0) is 22.3. The Morgan fingerprint density at radius 3 is 2.22 bits per heavy atom. The molecule has 0 aliphatic carbocycles. The molecule has 32 heavy (non-hydrogen) atoms. The molecule has 5 nitrogen and oxygen atoms in total. The number of aromatic nitrogens is 1. The molecule has 168 valence electrons. The number of rotatable bonds is 8. The van der Waals surface area contributed by atoms with Crippen LogP contribution in [0.3, 0.4) is 0 Å². The van der Waals surface area contributed by atoms with Gasteiger partial charge in [0.05, 0.1) is 11.8 Å². The predicted octanol–water partition coefficient (Wildman–Crippen LogP) is 5.51. The van der Waals surface area contributed by atoms with Crippen LogP contribution in [0.2, 0.25) is 0 Å². The van der Waals surface area contributed by atoms with E-state index in [1.165, 1.54) is 22.5 Å². The highest BCUT2D eigenvalue weighted by Gasteiger charge is 2.25. The number of ether oxygens (including phenoxy) is 1. The summed E-state index contributed by atoms with van der Waals surface area (Å²) in [5.41, 5.74) is 3.40. The molecule has 2 aromatic carbocycles. The Kier molecular flexibility index (Phi) is 7.68. The first-order chi connectivity index (χ1) is 15.6. The van der Waals surface area contributed by atoms with Gasteiger partial charge in [0.1, 0.15) is 6.10 Å². The van der Waals surface area contributed by atoms with Crippen molar-refractivity contribution in [2.24, 2.45) is 5.92 Å². The van der Waals surface area contributed by atoms with E-state index in [4.69, 9.17) is 4.74 Å². The number of thiazole rings is 1. The number of amides is 1. The summed E-state index contributed by atoms with van der Waals surface area (Å²) in [6, 6.07) is 21.0. The van der Waals surface area contributed by atoms with Crippen molar-refractivity contribution in [3.63, 3.8) is 0 Å². The van der Waals surface area contributed by atoms with Crippen LogP contribution in [-0.2, 0) is 16.1 Å². The van der Waals surface area contributed by atoms with Gasteiger partial charge < -0.3 is 10.1 Å². The first-order valence-electron chi connectivity index (χ1n) is 11.3. The highest BCUT2D eigenvalue weighted by atomic mass is 32.1. The Hall–Kier alpha value is -2.54. The summed E-state index contributed by atoms with van der Waals surface area (Å²) in [6.07, 6.45) is 2.18. The molecule has 1 fully saturated rings. The van der Waals surface area contributed by atoms with E-state index < -0.39 is 0 Å². The van der Waals surface area contributed by atoms with Gasteiger partial charge in [-0.15, -0.1) is 11.3 Å². The van der Waals surface area contributed by atoms with Crippen molar-refractivity contribution in [1.82, 2.24) is 9.88 Å². The molecule has 0 atom stereocenters. The second-order valence-corrected chi connectivity index (χ2v) is 9.46. The van der Waals surface area contributed by atoms with Crippen LogP contribution in [0.1, 0.15) is 49.6 Å². The van der Waals surface area contributed by atoms with Gasteiger partial charge >= 0.3 is 0 Å². The van der Waals surface area contributed by atoms with Crippen molar-refractivity contribution in [3.05, 3.63) is 82.9 Å². The van der Waals surface area contributed by atoms with Crippen molar-refractivity contribution in [2.45, 2.75) is 45.4 Å². The maximum Gasteiger partial charge on any atom is 0.228 e. The molecule has 0 unspecified atom stereocenters. The third-order valence-corrected chi connectivity index (χ3v) is 6.57. The summed E-state index contributed by atoms with van der Waals surface area (Å²) in [7, 11) is 0. The fourth-order valence-electron chi connectivity index (χ4n) is 3.92. The number of anilines is 1. The van der Waals surface area contributed by atoms with E-state index in [0.717, 1.165) is 38.2 Å². The Bertz CT molecular complexity index is 943. The van der Waals surface area contributed by atoms with Crippen molar-refractivity contribution in [1.29, 1.82) is 0 Å². The normalized spacial score (nSPS) is 15.4. The zero-order valence-corrected chi connectivity index (χ0v) is 19.6. The first kappa shape index (κ1) is 22.6. The molecular weight excluding hydrogens is 418 g/mol. The van der Waals surface area contributed by atoms with Gasteiger partial charge in [0.15, 0.2) is 5.13 Å². The molecule has 0 spiro atoms. The van der Waals surface area contributed by atoms with Gasteiger partial charge in [0.25, 0.3) is 0 Å². The zero-order valence-electron chi connectivity index (χ0n) is 18.7. The lowest BCUT2D eigenvalue weighted by molar-refractivity contribution is -0.118. The minimum absolute atomic E-state index is 0.00949. The van der Waals surface area contributed by atoms with E-state index in [0.29, 0.717) is 5.13 Å². The third kappa shape index (κ3) is 6.03. The maximum absolute atomic E-state index is 11.9. The fraction of sp³-hybridized carbons (Fsp3) is 0.385. The molecule has 4 rings (SSSR count). The number of carbonyl (C=O) groups excluding carboxylic acids is 1. The van der Waals surface area contributed by atoms with Gasteiger partial charge in [0, 0.05) is 30.9 Å². The van der Waals surface area contributed by atoms with Crippen LogP contribution in [0.5, 0.6) is 0 Å². The predicted molar refractivity (Wildman–Crippen MR) is 130 cm³/mol. The smallest absolute Gasteiger partial charge is 0.228 e. The summed E-state index contributed by atoms with van der Waals surface area (Å²) >= 11 is 1.49. The number of benzene rings is 2. The number of carbonyl (C=O) groups is 1. The second kappa shape index (κ2) is 10.9. The lowest BCUT2D eigenvalue weighted by Gasteiger charge is -2.34. The van der Waals surface area contributed by atoms with E-state index >= 15 is 0 Å². The largest absolute Gasteiger partial charge is 0.365 e. The fourth-order valence-corrected chi connectivity index (χ4v) is 4.62. The Morgan fingerprint density at radius 1 is 1.06 bits per heavy atom. The molecule has 1 aromatic heterocycles. The summed E-state index contributed by atoms with van der Waals surface area (Å²) < 4.78 is 6.64. The van der Waals surface area contributed by atoms with Crippen molar-refractivity contribution in [2.75, 3.05) is 18.4 Å². The van der Waals surface area contributed by atoms with Gasteiger partial charge in [-0.05, 0) is 24.0 Å². The summed E-state index contributed by atoms with van der Waals surface area (Å²) in [4.78, 5) is 18.9. The molecule has 0 radical (unpaired) electrons. The Morgan fingerprint density at radius 2 is 1.66 bits per heavy atom. The highest BCUT2D eigenvalue weighted by molar-refractivity contribution is 7.13. The van der Waals surface area contributed by atoms with Crippen molar-refractivity contribution in [3.8, 4) is 0 Å². The molecule has 1 aliphatic heterocycles. The van der Waals surface area contributed by atoms with Crippen LogP contribution in [0.15, 0.2) is 66.0 Å². The van der Waals surface area contributed by atoms with Crippen LogP contribution in [0.4, 0.5) is 5.13 Å². The van der Waals surface area contributed by atoms with E-state index in [2.05, 4.69) is 63.7 Å². The Balaban J connectivity index is 1.32. The average molecular weight is 450 g/mol. The highest BCUT2D eigenvalue weighted by Crippen LogP contribution is 2.30. The van der Waals surface area contributed by atoms with Crippen LogP contribution >= 0.6 is 11.3 Å². The molecular formula is C26H31N3O2S. The number of likely N-dealkylation sites (tertiary alicyclic amines) is 1. The number of nitrogens with one attached hydrogen (secondary N) is 1. The number of hydrogen-bond donors (Lipinski definition) is 1. The van der Waals surface area contributed by atoms with E-state index in [1.54, 1.807) is 0 Å². The van der Waals surface area contributed by atoms with Gasteiger partial charge in [-0.25, -0.2) is 4.98 Å². The topological polar surface area (TPSA) is 54.5 Å². The molecule has 1 saturated heterocycles. The SMILES string of the molecule is CC(C)C(=O)Nc1nc(CN2CCC(OC(c3ccccc3)c3ccccc3)CC2)cs1. The summed E-state index contributed by atoms with van der Waals surface area (Å²) in [6.45, 7) is 6.53. The standard InChI is InChI=1S/C26H31N3O2S/c1-19(2)25(30)28-26-27-22(18-32-26)17-29-15-13-23(14-16-29)31-24(20-9-5-3-6-10-20)21-11-7-4-8-12-21/h3-12,18-19,23-24H,13-17H2,1-2H3,(H,27,28,30). The van der Waals surface area contributed by atoms with Gasteiger partial charge in [-0.3, -0.25) is 9.69 Å². The van der Waals surface area contributed by atoms with Crippen molar-refractivity contribution < 1.29 is 9.53 Å². The molecule has 3 aromatic rings. The van der Waals surface area contributed by atoms with Crippen LogP contribution in [0, 0.1) is 5.92 Å². The molecule has 1 amide bonds. The molecule has 0 saturated carbocycles. The molecule has 2 heterocycles. The van der Waals surface area contributed by atoms with Crippen LogP contribution < -0.4 is 5.32 Å². The lowest BCUT2D eigenvalue weighted by atomic mass is 10.00. The number of hydrogen-bond acceptors (Lipinski definition) is 5. The van der Waals surface area contributed by atoms with Gasteiger partial charge in [-0.2, -0.15) is 0 Å². The molecule has 0 bridgehead atoms. The van der Waals surface area contributed by atoms with Crippen LogP contribution in [-0.4, -0.2) is 35.0 Å². The summed E-state index contributed by atoms with van der Waals surface area (Å²) in [5.74, 6) is -0.0350. The Labute approximate surface area is 194 Å². The quantitative estimate of drug-likeness (QED) is 0.493. The minimum atomic E-state index is -0.0445. The van der Waals surface area contributed by atoms with Crippen LogP contribution in [0.25, 0.3) is 0 Å². The third-order valence-electron chi connectivity index (χ3n) is 5.76. The average Bonchev–Trinajstić information content (AvgIpc) is 3.26. The van der Waals surface area contributed by atoms with E-state index in [-0.39, 0.29) is 24.0 Å². The first-order valence-corrected chi connectivity index (χ1v) is 12.2. The number of piperidine rings is 1. The molecule has 6 heteroatoms. The lowest BCUT2D eigenvalue weighted by Crippen LogP contribution is -2.37. The summed E-state index contributed by atoms with van der Waals surface area (Å²) in [5, 5.41) is 5.62. The molecule has 1 aliphatic rings. The molecule has 1 N–H and O–H groups in total.